The Morgan fingerprint density at radius 3 is 2.89 bits per heavy atom. The van der Waals surface area contributed by atoms with Gasteiger partial charge in [0.15, 0.2) is 5.96 Å². The molecule has 0 aromatic heterocycles. The lowest BCUT2D eigenvalue weighted by atomic mass is 10.0. The van der Waals surface area contributed by atoms with Crippen molar-refractivity contribution >= 4 is 5.96 Å². The van der Waals surface area contributed by atoms with Crippen molar-refractivity contribution in [3.05, 3.63) is 0 Å². The third kappa shape index (κ3) is 4.66. The summed E-state index contributed by atoms with van der Waals surface area (Å²) in [5.41, 5.74) is -0.0706. The SMILES string of the molecule is CCNC(=NCC1(C)CCCO1)NCC1CCOC1. The van der Waals surface area contributed by atoms with Crippen LogP contribution in [0.4, 0.5) is 0 Å². The van der Waals surface area contributed by atoms with Crippen LogP contribution in [0, 0.1) is 5.92 Å². The van der Waals surface area contributed by atoms with Crippen molar-refractivity contribution in [1.29, 1.82) is 0 Å². The Kier molecular flexibility index (Phi) is 5.45. The van der Waals surface area contributed by atoms with E-state index in [2.05, 4.69) is 29.5 Å². The van der Waals surface area contributed by atoms with Gasteiger partial charge >= 0.3 is 0 Å². The van der Waals surface area contributed by atoms with Crippen LogP contribution >= 0.6 is 0 Å². The zero-order chi connectivity index (χ0) is 13.6. The normalized spacial score (nSPS) is 31.7. The Morgan fingerprint density at radius 2 is 2.26 bits per heavy atom. The number of rotatable bonds is 5. The average molecular weight is 269 g/mol. The van der Waals surface area contributed by atoms with E-state index in [1.165, 1.54) is 0 Å². The maximum Gasteiger partial charge on any atom is 0.191 e. The summed E-state index contributed by atoms with van der Waals surface area (Å²) in [6.07, 6.45) is 3.40. The third-order valence-electron chi connectivity index (χ3n) is 3.80. The molecule has 0 aliphatic carbocycles. The molecule has 0 aromatic rings. The molecule has 2 unspecified atom stereocenters. The van der Waals surface area contributed by atoms with E-state index in [-0.39, 0.29) is 5.60 Å². The molecule has 2 rings (SSSR count). The summed E-state index contributed by atoms with van der Waals surface area (Å²) < 4.78 is 11.2. The Hall–Kier alpha value is -0.810. The van der Waals surface area contributed by atoms with Crippen molar-refractivity contribution in [3.8, 4) is 0 Å². The highest BCUT2D eigenvalue weighted by atomic mass is 16.5. The van der Waals surface area contributed by atoms with Gasteiger partial charge in [-0.15, -0.1) is 0 Å². The number of hydrogen-bond acceptors (Lipinski definition) is 3. The van der Waals surface area contributed by atoms with E-state index < -0.39 is 0 Å². The monoisotopic (exact) mass is 269 g/mol. The molecule has 5 heteroatoms. The molecule has 19 heavy (non-hydrogen) atoms. The molecule has 0 spiro atoms. The molecular formula is C14H27N3O2. The van der Waals surface area contributed by atoms with E-state index >= 15 is 0 Å². The molecule has 2 atom stereocenters. The minimum absolute atomic E-state index is 0.0706. The number of ether oxygens (including phenoxy) is 2. The first-order valence-electron chi connectivity index (χ1n) is 7.46. The molecule has 2 aliphatic heterocycles. The standard InChI is InChI=1S/C14H27N3O2/c1-3-15-13(16-9-12-5-8-18-10-12)17-11-14(2)6-4-7-19-14/h12H,3-11H2,1-2H3,(H2,15,16,17). The molecule has 0 aromatic carbocycles. The highest BCUT2D eigenvalue weighted by Gasteiger charge is 2.29. The fraction of sp³-hybridized carbons (Fsp3) is 0.929. The number of nitrogens with zero attached hydrogens (tertiary/aromatic N) is 1. The van der Waals surface area contributed by atoms with E-state index in [1.54, 1.807) is 0 Å². The molecule has 2 heterocycles. The first kappa shape index (κ1) is 14.6. The highest BCUT2D eigenvalue weighted by Crippen LogP contribution is 2.24. The molecule has 2 N–H and O–H groups in total. The van der Waals surface area contributed by atoms with Gasteiger partial charge in [0.05, 0.1) is 18.8 Å². The van der Waals surface area contributed by atoms with Crippen LogP contribution in [0.15, 0.2) is 4.99 Å². The Morgan fingerprint density at radius 1 is 1.37 bits per heavy atom. The molecular weight excluding hydrogens is 242 g/mol. The molecule has 110 valence electrons. The first-order valence-corrected chi connectivity index (χ1v) is 7.46. The quantitative estimate of drug-likeness (QED) is 0.581. The van der Waals surface area contributed by atoms with E-state index in [0.717, 1.165) is 64.7 Å². The predicted octanol–water partition coefficient (Wildman–Crippen LogP) is 1.15. The topological polar surface area (TPSA) is 54.9 Å². The van der Waals surface area contributed by atoms with Crippen LogP contribution in [0.2, 0.25) is 0 Å². The average Bonchev–Trinajstić information content (AvgIpc) is 3.05. The molecule has 2 saturated heterocycles. The van der Waals surface area contributed by atoms with Gasteiger partial charge in [-0.2, -0.15) is 0 Å². The van der Waals surface area contributed by atoms with E-state index in [1.807, 2.05) is 0 Å². The minimum Gasteiger partial charge on any atom is -0.381 e. The predicted molar refractivity (Wildman–Crippen MR) is 76.5 cm³/mol. The molecule has 0 radical (unpaired) electrons. The van der Waals surface area contributed by atoms with Crippen LogP contribution in [-0.2, 0) is 9.47 Å². The molecule has 2 aliphatic rings. The smallest absolute Gasteiger partial charge is 0.191 e. The van der Waals surface area contributed by atoms with Crippen LogP contribution < -0.4 is 10.6 Å². The zero-order valence-electron chi connectivity index (χ0n) is 12.2. The van der Waals surface area contributed by atoms with Gasteiger partial charge in [0, 0.05) is 32.2 Å². The zero-order valence-corrected chi connectivity index (χ0v) is 12.2. The van der Waals surface area contributed by atoms with Crippen molar-refractivity contribution in [2.75, 3.05) is 39.5 Å². The van der Waals surface area contributed by atoms with Gasteiger partial charge in [-0.3, -0.25) is 4.99 Å². The van der Waals surface area contributed by atoms with Gasteiger partial charge in [-0.05, 0) is 33.1 Å². The Balaban J connectivity index is 1.79. The van der Waals surface area contributed by atoms with Gasteiger partial charge in [-0.1, -0.05) is 0 Å². The van der Waals surface area contributed by atoms with Gasteiger partial charge in [-0.25, -0.2) is 0 Å². The van der Waals surface area contributed by atoms with Crippen LogP contribution in [0.5, 0.6) is 0 Å². The van der Waals surface area contributed by atoms with Crippen LogP contribution in [-0.4, -0.2) is 51.0 Å². The Bertz CT molecular complexity index is 295. The second-order valence-electron chi connectivity index (χ2n) is 5.71. The lowest BCUT2D eigenvalue weighted by Gasteiger charge is -2.22. The second-order valence-corrected chi connectivity index (χ2v) is 5.71. The summed E-state index contributed by atoms with van der Waals surface area (Å²) in [6.45, 7) is 9.41. The first-order chi connectivity index (χ1) is 9.22. The van der Waals surface area contributed by atoms with Crippen LogP contribution in [0.1, 0.15) is 33.1 Å². The number of hydrogen-bond donors (Lipinski definition) is 2. The van der Waals surface area contributed by atoms with Gasteiger partial charge in [0.25, 0.3) is 0 Å². The van der Waals surface area contributed by atoms with Gasteiger partial charge < -0.3 is 20.1 Å². The third-order valence-corrected chi connectivity index (χ3v) is 3.80. The summed E-state index contributed by atoms with van der Waals surface area (Å²) in [5.74, 6) is 1.51. The van der Waals surface area contributed by atoms with Crippen molar-refractivity contribution in [2.45, 2.75) is 38.7 Å². The lowest BCUT2D eigenvalue weighted by Crippen LogP contribution is -2.41. The summed E-state index contributed by atoms with van der Waals surface area (Å²) in [4.78, 5) is 4.66. The molecule has 0 amide bonds. The molecule has 5 nitrogen and oxygen atoms in total. The second kappa shape index (κ2) is 7.10. The highest BCUT2D eigenvalue weighted by molar-refractivity contribution is 5.79. The number of nitrogens with one attached hydrogen (secondary N) is 2. The van der Waals surface area contributed by atoms with E-state index in [9.17, 15) is 0 Å². The summed E-state index contributed by atoms with van der Waals surface area (Å²) in [5, 5.41) is 6.70. The van der Waals surface area contributed by atoms with Crippen LogP contribution in [0.3, 0.4) is 0 Å². The van der Waals surface area contributed by atoms with Gasteiger partial charge in [0.1, 0.15) is 0 Å². The summed E-state index contributed by atoms with van der Waals surface area (Å²) in [6, 6.07) is 0. The number of aliphatic imine (C=N–C) groups is 1. The maximum atomic E-state index is 5.76. The maximum absolute atomic E-state index is 5.76. The summed E-state index contributed by atoms with van der Waals surface area (Å²) >= 11 is 0. The summed E-state index contributed by atoms with van der Waals surface area (Å²) in [7, 11) is 0. The molecule has 0 saturated carbocycles. The van der Waals surface area contributed by atoms with Crippen LogP contribution in [0.25, 0.3) is 0 Å². The van der Waals surface area contributed by atoms with Gasteiger partial charge in [0.2, 0.25) is 0 Å². The Labute approximate surface area is 116 Å². The van der Waals surface area contributed by atoms with E-state index in [4.69, 9.17) is 9.47 Å². The molecule has 2 fully saturated rings. The van der Waals surface area contributed by atoms with Crippen molar-refractivity contribution in [1.82, 2.24) is 10.6 Å². The van der Waals surface area contributed by atoms with Crippen molar-refractivity contribution < 1.29 is 9.47 Å². The molecule has 0 bridgehead atoms. The largest absolute Gasteiger partial charge is 0.381 e. The fourth-order valence-electron chi connectivity index (χ4n) is 2.53. The fourth-order valence-corrected chi connectivity index (χ4v) is 2.53. The van der Waals surface area contributed by atoms with Crippen molar-refractivity contribution in [3.63, 3.8) is 0 Å². The lowest BCUT2D eigenvalue weighted by molar-refractivity contribution is 0.0283. The number of guanidine groups is 1. The van der Waals surface area contributed by atoms with Crippen molar-refractivity contribution in [2.24, 2.45) is 10.9 Å². The minimum atomic E-state index is -0.0706. The van der Waals surface area contributed by atoms with E-state index in [0.29, 0.717) is 5.92 Å².